The average Bonchev–Trinajstić information content (AvgIpc) is 2.50. The number of hydrogen-bond acceptors (Lipinski definition) is 4. The minimum absolute atomic E-state index is 0.0291. The van der Waals surface area contributed by atoms with Gasteiger partial charge in [-0.05, 0) is 31.1 Å². The van der Waals surface area contributed by atoms with Gasteiger partial charge in [0.1, 0.15) is 5.56 Å². The van der Waals surface area contributed by atoms with Gasteiger partial charge in [0, 0.05) is 23.7 Å². The van der Waals surface area contributed by atoms with Crippen LogP contribution >= 0.6 is 11.6 Å². The Morgan fingerprint density at radius 3 is 2.43 bits per heavy atom. The van der Waals surface area contributed by atoms with Gasteiger partial charge in [0.25, 0.3) is 11.6 Å². The van der Waals surface area contributed by atoms with Crippen molar-refractivity contribution in [3.8, 4) is 0 Å². The highest BCUT2D eigenvalue weighted by atomic mass is 35.5. The lowest BCUT2D eigenvalue weighted by Crippen LogP contribution is -2.46. The lowest BCUT2D eigenvalue weighted by Gasteiger charge is -2.32. The first-order chi connectivity index (χ1) is 10.8. The highest BCUT2D eigenvalue weighted by Gasteiger charge is 2.24. The van der Waals surface area contributed by atoms with E-state index in [-0.39, 0.29) is 22.3 Å². The first kappa shape index (κ1) is 19.4. The van der Waals surface area contributed by atoms with Crippen LogP contribution in [-0.4, -0.2) is 41.4 Å². The SMILES string of the molecule is CCN(CC)C(CNC(=O)c1ccc(Cl)cc1[N+](=O)[O-])C(C)C. The van der Waals surface area contributed by atoms with Crippen molar-refractivity contribution in [3.05, 3.63) is 38.9 Å². The van der Waals surface area contributed by atoms with Crippen LogP contribution in [0.3, 0.4) is 0 Å². The molecule has 0 heterocycles. The molecule has 0 saturated carbocycles. The molecule has 1 aromatic rings. The third-order valence-electron chi connectivity index (χ3n) is 3.92. The Morgan fingerprint density at radius 1 is 1.35 bits per heavy atom. The van der Waals surface area contributed by atoms with Gasteiger partial charge in [-0.25, -0.2) is 0 Å². The summed E-state index contributed by atoms with van der Waals surface area (Å²) in [6.45, 7) is 10.6. The molecule has 0 aliphatic heterocycles. The quantitative estimate of drug-likeness (QED) is 0.581. The molecule has 0 saturated heterocycles. The number of likely N-dealkylation sites (N-methyl/N-ethyl adjacent to an activating group) is 1. The van der Waals surface area contributed by atoms with Crippen LogP contribution in [0.4, 0.5) is 5.69 Å². The van der Waals surface area contributed by atoms with Crippen molar-refractivity contribution >= 4 is 23.2 Å². The highest BCUT2D eigenvalue weighted by molar-refractivity contribution is 6.31. The molecule has 1 amide bonds. The number of nitrogens with one attached hydrogen (secondary N) is 1. The number of halogens is 1. The fraction of sp³-hybridized carbons (Fsp3) is 0.562. The summed E-state index contributed by atoms with van der Waals surface area (Å²) in [6.07, 6.45) is 0. The molecule has 1 atom stereocenters. The Balaban J connectivity index is 2.89. The van der Waals surface area contributed by atoms with Gasteiger partial charge in [-0.15, -0.1) is 0 Å². The van der Waals surface area contributed by atoms with E-state index in [1.54, 1.807) is 0 Å². The molecule has 1 unspecified atom stereocenters. The molecule has 1 aromatic carbocycles. The summed E-state index contributed by atoms with van der Waals surface area (Å²) in [4.78, 5) is 25.1. The Bertz CT molecular complexity index is 560. The second-order valence-electron chi connectivity index (χ2n) is 5.66. The molecule has 128 valence electrons. The van der Waals surface area contributed by atoms with Gasteiger partial charge in [-0.2, -0.15) is 0 Å². The monoisotopic (exact) mass is 341 g/mol. The molecule has 6 nitrogen and oxygen atoms in total. The van der Waals surface area contributed by atoms with Crippen LogP contribution in [0.1, 0.15) is 38.1 Å². The zero-order valence-electron chi connectivity index (χ0n) is 14.0. The second kappa shape index (κ2) is 8.84. The summed E-state index contributed by atoms with van der Waals surface area (Å²) in [6, 6.07) is 4.24. The molecule has 7 heteroatoms. The van der Waals surface area contributed by atoms with Crippen LogP contribution in [0, 0.1) is 16.0 Å². The van der Waals surface area contributed by atoms with Gasteiger partial charge in [-0.3, -0.25) is 19.8 Å². The van der Waals surface area contributed by atoms with Crippen LogP contribution in [0.2, 0.25) is 5.02 Å². The van der Waals surface area contributed by atoms with Crippen molar-refractivity contribution in [2.24, 2.45) is 5.92 Å². The zero-order chi connectivity index (χ0) is 17.6. The maximum Gasteiger partial charge on any atom is 0.283 e. The molecule has 1 rings (SSSR count). The number of nitro benzene ring substituents is 1. The molecule has 0 radical (unpaired) electrons. The fourth-order valence-electron chi connectivity index (χ4n) is 2.62. The number of amides is 1. The second-order valence-corrected chi connectivity index (χ2v) is 6.10. The van der Waals surface area contributed by atoms with E-state index in [9.17, 15) is 14.9 Å². The van der Waals surface area contributed by atoms with Crippen molar-refractivity contribution in [2.75, 3.05) is 19.6 Å². The number of hydrogen-bond donors (Lipinski definition) is 1. The molecule has 0 aliphatic carbocycles. The molecule has 0 aliphatic rings. The predicted octanol–water partition coefficient (Wildman–Crippen LogP) is 3.34. The standard InChI is InChI=1S/C16H24ClN3O3/c1-5-19(6-2)15(11(3)4)10-18-16(21)13-8-7-12(17)9-14(13)20(22)23/h7-9,11,15H,5-6,10H2,1-4H3,(H,18,21). The zero-order valence-corrected chi connectivity index (χ0v) is 14.8. The number of benzene rings is 1. The number of nitrogens with zero attached hydrogens (tertiary/aromatic N) is 2. The first-order valence-electron chi connectivity index (χ1n) is 7.77. The van der Waals surface area contributed by atoms with E-state index in [0.717, 1.165) is 13.1 Å². The Kier molecular flexibility index (Phi) is 7.45. The molecule has 1 N–H and O–H groups in total. The number of carbonyl (C=O) groups is 1. The largest absolute Gasteiger partial charge is 0.350 e. The molecule has 0 aromatic heterocycles. The summed E-state index contributed by atoms with van der Waals surface area (Å²) in [5.74, 6) is -0.0958. The van der Waals surface area contributed by atoms with Crippen molar-refractivity contribution in [1.82, 2.24) is 10.2 Å². The van der Waals surface area contributed by atoms with Crippen LogP contribution in [0.25, 0.3) is 0 Å². The van der Waals surface area contributed by atoms with E-state index in [1.807, 2.05) is 0 Å². The average molecular weight is 342 g/mol. The van der Waals surface area contributed by atoms with Crippen molar-refractivity contribution < 1.29 is 9.72 Å². The van der Waals surface area contributed by atoms with Gasteiger partial charge in [-0.1, -0.05) is 39.3 Å². The minimum Gasteiger partial charge on any atom is -0.350 e. The van der Waals surface area contributed by atoms with E-state index in [4.69, 9.17) is 11.6 Å². The summed E-state index contributed by atoms with van der Waals surface area (Å²) in [7, 11) is 0. The van der Waals surface area contributed by atoms with Crippen molar-refractivity contribution in [2.45, 2.75) is 33.7 Å². The number of rotatable bonds is 8. The van der Waals surface area contributed by atoms with Crippen LogP contribution in [0.15, 0.2) is 18.2 Å². The van der Waals surface area contributed by atoms with E-state index < -0.39 is 10.8 Å². The number of nitro groups is 1. The topological polar surface area (TPSA) is 75.5 Å². The molecular formula is C16H24ClN3O3. The molecular weight excluding hydrogens is 318 g/mol. The smallest absolute Gasteiger partial charge is 0.283 e. The van der Waals surface area contributed by atoms with Crippen LogP contribution < -0.4 is 5.32 Å². The summed E-state index contributed by atoms with van der Waals surface area (Å²) >= 11 is 5.77. The van der Waals surface area contributed by atoms with E-state index in [0.29, 0.717) is 12.5 Å². The molecule has 0 spiro atoms. The van der Waals surface area contributed by atoms with E-state index in [2.05, 4.69) is 37.9 Å². The highest BCUT2D eigenvalue weighted by Crippen LogP contribution is 2.23. The molecule has 23 heavy (non-hydrogen) atoms. The third-order valence-corrected chi connectivity index (χ3v) is 4.16. The molecule has 0 fully saturated rings. The van der Waals surface area contributed by atoms with Crippen LogP contribution in [0.5, 0.6) is 0 Å². The Labute approximate surface area is 142 Å². The number of carbonyl (C=O) groups excluding carboxylic acids is 1. The Hall–Kier alpha value is -1.66. The molecule has 0 bridgehead atoms. The van der Waals surface area contributed by atoms with Crippen molar-refractivity contribution in [1.29, 1.82) is 0 Å². The van der Waals surface area contributed by atoms with E-state index >= 15 is 0 Å². The first-order valence-corrected chi connectivity index (χ1v) is 8.15. The minimum atomic E-state index is -0.592. The van der Waals surface area contributed by atoms with Crippen LogP contribution in [-0.2, 0) is 0 Å². The summed E-state index contributed by atoms with van der Waals surface area (Å²) in [5, 5.41) is 14.1. The lowest BCUT2D eigenvalue weighted by atomic mass is 10.0. The summed E-state index contributed by atoms with van der Waals surface area (Å²) in [5.41, 5.74) is -0.250. The van der Waals surface area contributed by atoms with Gasteiger partial charge in [0.05, 0.1) is 4.92 Å². The Morgan fingerprint density at radius 2 is 1.96 bits per heavy atom. The lowest BCUT2D eigenvalue weighted by molar-refractivity contribution is -0.385. The van der Waals surface area contributed by atoms with Crippen molar-refractivity contribution in [3.63, 3.8) is 0 Å². The maximum absolute atomic E-state index is 12.3. The van der Waals surface area contributed by atoms with Gasteiger partial charge < -0.3 is 5.32 Å². The predicted molar refractivity (Wildman–Crippen MR) is 92.0 cm³/mol. The fourth-order valence-corrected chi connectivity index (χ4v) is 2.79. The van der Waals surface area contributed by atoms with Gasteiger partial charge in [0.2, 0.25) is 0 Å². The van der Waals surface area contributed by atoms with Gasteiger partial charge in [0.15, 0.2) is 0 Å². The third kappa shape index (κ3) is 5.18. The normalized spacial score (nSPS) is 12.5. The van der Waals surface area contributed by atoms with E-state index in [1.165, 1.54) is 18.2 Å². The maximum atomic E-state index is 12.3. The van der Waals surface area contributed by atoms with Gasteiger partial charge >= 0.3 is 0 Å². The summed E-state index contributed by atoms with van der Waals surface area (Å²) < 4.78 is 0.